The Morgan fingerprint density at radius 3 is 2.38 bits per heavy atom. The van der Waals surface area contributed by atoms with Crippen LogP contribution in [0.4, 0.5) is 26.3 Å². The number of carbonyl (C=O) groups is 1. The molecule has 0 spiro atoms. The minimum absolute atomic E-state index is 0.0156. The number of amides is 1. The summed E-state index contributed by atoms with van der Waals surface area (Å²) < 4.78 is 76.1. The first-order chi connectivity index (χ1) is 13.5. The maximum Gasteiger partial charge on any atom is 0.433 e. The molecule has 150 valence electrons. The summed E-state index contributed by atoms with van der Waals surface area (Å²) in [5, 5.41) is 11.7. The van der Waals surface area contributed by atoms with Crippen LogP contribution in [0.1, 0.15) is 32.9 Å². The first-order valence-electron chi connectivity index (χ1n) is 7.93. The van der Waals surface area contributed by atoms with Crippen molar-refractivity contribution in [1.82, 2.24) is 15.3 Å². The predicted molar refractivity (Wildman–Crippen MR) is 88.4 cm³/mol. The minimum atomic E-state index is -4.63. The van der Waals surface area contributed by atoms with E-state index in [1.54, 1.807) is 6.07 Å². The number of fused-ring (bicyclic) bond motifs is 1. The zero-order valence-electron chi connectivity index (χ0n) is 14.2. The van der Waals surface area contributed by atoms with Crippen molar-refractivity contribution in [1.29, 1.82) is 5.26 Å². The Morgan fingerprint density at radius 1 is 1.10 bits per heavy atom. The summed E-state index contributed by atoms with van der Waals surface area (Å²) in [4.78, 5) is 17.4. The molecular formula is C18H10F6N4O. The van der Waals surface area contributed by atoms with E-state index in [0.717, 1.165) is 18.3 Å². The fraction of sp³-hybridized carbons (Fsp3) is 0.167. The van der Waals surface area contributed by atoms with Gasteiger partial charge in [-0.1, -0.05) is 0 Å². The molecule has 2 heterocycles. The number of benzene rings is 1. The van der Waals surface area contributed by atoms with Crippen LogP contribution in [0.25, 0.3) is 10.9 Å². The van der Waals surface area contributed by atoms with Gasteiger partial charge < -0.3 is 10.3 Å². The van der Waals surface area contributed by atoms with Crippen LogP contribution >= 0.6 is 0 Å². The summed E-state index contributed by atoms with van der Waals surface area (Å²) >= 11 is 0. The second-order valence-electron chi connectivity index (χ2n) is 6.01. The summed E-state index contributed by atoms with van der Waals surface area (Å²) in [5.41, 5.74) is -1.97. The molecule has 0 aliphatic rings. The van der Waals surface area contributed by atoms with Gasteiger partial charge in [-0.3, -0.25) is 9.78 Å². The van der Waals surface area contributed by atoms with Crippen molar-refractivity contribution in [3.63, 3.8) is 0 Å². The Labute approximate surface area is 159 Å². The lowest BCUT2D eigenvalue weighted by Crippen LogP contribution is -2.23. The predicted octanol–water partition coefficient (Wildman–Crippen LogP) is 4.40. The van der Waals surface area contributed by atoms with E-state index in [0.29, 0.717) is 11.6 Å². The van der Waals surface area contributed by atoms with E-state index < -0.39 is 29.6 Å². The van der Waals surface area contributed by atoms with Gasteiger partial charge in [0.25, 0.3) is 5.91 Å². The van der Waals surface area contributed by atoms with E-state index in [-0.39, 0.29) is 28.6 Å². The summed E-state index contributed by atoms with van der Waals surface area (Å²) in [6.45, 7) is -0.156. The molecule has 0 saturated heterocycles. The summed E-state index contributed by atoms with van der Waals surface area (Å²) in [5.74, 6) is -0.727. The van der Waals surface area contributed by atoms with Crippen LogP contribution in [-0.4, -0.2) is 15.9 Å². The molecule has 0 bridgehead atoms. The molecule has 29 heavy (non-hydrogen) atoms. The monoisotopic (exact) mass is 412 g/mol. The van der Waals surface area contributed by atoms with E-state index in [4.69, 9.17) is 0 Å². The number of hydrogen-bond donors (Lipinski definition) is 2. The van der Waals surface area contributed by atoms with Gasteiger partial charge in [-0.15, -0.1) is 0 Å². The summed E-state index contributed by atoms with van der Waals surface area (Å²) in [6.07, 6.45) is -8.48. The molecular weight excluding hydrogens is 402 g/mol. The number of alkyl halides is 6. The van der Waals surface area contributed by atoms with Gasteiger partial charge in [0.15, 0.2) is 0 Å². The largest absolute Gasteiger partial charge is 0.433 e. The Kier molecular flexibility index (Phi) is 4.96. The number of nitriles is 1. The average Bonchev–Trinajstić information content (AvgIpc) is 3.09. The Balaban J connectivity index is 1.79. The highest BCUT2D eigenvalue weighted by molar-refractivity contribution is 5.94. The molecule has 1 amide bonds. The van der Waals surface area contributed by atoms with E-state index in [2.05, 4.69) is 15.3 Å². The molecule has 5 nitrogen and oxygen atoms in total. The van der Waals surface area contributed by atoms with E-state index in [1.807, 2.05) is 0 Å². The van der Waals surface area contributed by atoms with Gasteiger partial charge in [0, 0.05) is 18.1 Å². The Hall–Kier alpha value is -3.55. The smallest absolute Gasteiger partial charge is 0.350 e. The lowest BCUT2D eigenvalue weighted by molar-refractivity contribution is -0.141. The molecule has 0 aliphatic carbocycles. The molecule has 1 aromatic carbocycles. The van der Waals surface area contributed by atoms with Crippen molar-refractivity contribution >= 4 is 16.8 Å². The van der Waals surface area contributed by atoms with Crippen molar-refractivity contribution in [3.05, 3.63) is 64.6 Å². The second kappa shape index (κ2) is 7.12. The third-order valence-corrected chi connectivity index (χ3v) is 3.98. The number of H-pyrrole nitrogens is 1. The molecule has 0 radical (unpaired) electrons. The molecule has 0 aliphatic heterocycles. The quantitative estimate of drug-likeness (QED) is 0.626. The normalized spacial score (nSPS) is 12.0. The molecule has 0 atom stereocenters. The first-order valence-corrected chi connectivity index (χ1v) is 7.93. The number of halogens is 6. The standard InChI is InChI=1S/C18H10F6N4O/c19-17(20,21)13-2-1-10(8-26-13)16(29)27-7-9-3-11-5-14(18(22,23)24)28-15(11)12(4-9)6-25/h1-5,8,28H,7H2,(H,27,29). The number of aromatic amines is 1. The number of aromatic nitrogens is 2. The third kappa shape index (κ3) is 4.31. The zero-order valence-corrected chi connectivity index (χ0v) is 14.2. The average molecular weight is 412 g/mol. The van der Waals surface area contributed by atoms with Crippen LogP contribution in [0.2, 0.25) is 0 Å². The van der Waals surface area contributed by atoms with Gasteiger partial charge in [-0.25, -0.2) is 0 Å². The Bertz CT molecular complexity index is 1110. The lowest BCUT2D eigenvalue weighted by Gasteiger charge is -2.08. The van der Waals surface area contributed by atoms with Crippen molar-refractivity contribution in [3.8, 4) is 6.07 Å². The van der Waals surface area contributed by atoms with Crippen LogP contribution < -0.4 is 5.32 Å². The maximum atomic E-state index is 12.9. The topological polar surface area (TPSA) is 81.6 Å². The van der Waals surface area contributed by atoms with Crippen molar-refractivity contribution < 1.29 is 31.1 Å². The number of rotatable bonds is 3. The molecule has 11 heteroatoms. The van der Waals surface area contributed by atoms with Crippen molar-refractivity contribution in [2.45, 2.75) is 18.9 Å². The van der Waals surface area contributed by atoms with Gasteiger partial charge in [0.2, 0.25) is 0 Å². The van der Waals surface area contributed by atoms with Crippen LogP contribution in [0.5, 0.6) is 0 Å². The van der Waals surface area contributed by atoms with E-state index >= 15 is 0 Å². The van der Waals surface area contributed by atoms with Crippen LogP contribution in [0, 0.1) is 11.3 Å². The lowest BCUT2D eigenvalue weighted by atomic mass is 10.1. The molecule has 0 saturated carbocycles. The third-order valence-electron chi connectivity index (χ3n) is 3.98. The van der Waals surface area contributed by atoms with E-state index in [9.17, 15) is 36.4 Å². The fourth-order valence-electron chi connectivity index (χ4n) is 2.63. The molecule has 3 rings (SSSR count). The molecule has 2 N–H and O–H groups in total. The number of nitrogens with zero attached hydrogens (tertiary/aromatic N) is 2. The number of nitrogens with one attached hydrogen (secondary N) is 2. The van der Waals surface area contributed by atoms with Crippen LogP contribution in [-0.2, 0) is 18.9 Å². The highest BCUT2D eigenvalue weighted by Gasteiger charge is 2.33. The number of carbonyl (C=O) groups excluding carboxylic acids is 1. The zero-order chi connectivity index (χ0) is 21.4. The summed E-state index contributed by atoms with van der Waals surface area (Å²) in [6, 6.07) is 6.93. The fourth-order valence-corrected chi connectivity index (χ4v) is 2.63. The highest BCUT2D eigenvalue weighted by Crippen LogP contribution is 2.32. The number of pyridine rings is 1. The van der Waals surface area contributed by atoms with Crippen molar-refractivity contribution in [2.75, 3.05) is 0 Å². The minimum Gasteiger partial charge on any atom is -0.350 e. The van der Waals surface area contributed by atoms with Gasteiger partial charge >= 0.3 is 12.4 Å². The molecule has 3 aromatic rings. The van der Waals surface area contributed by atoms with Crippen LogP contribution in [0.3, 0.4) is 0 Å². The van der Waals surface area contributed by atoms with Gasteiger partial charge in [-0.2, -0.15) is 31.6 Å². The van der Waals surface area contributed by atoms with Crippen LogP contribution in [0.15, 0.2) is 36.5 Å². The second-order valence-corrected chi connectivity index (χ2v) is 6.01. The van der Waals surface area contributed by atoms with Crippen molar-refractivity contribution in [2.24, 2.45) is 0 Å². The summed E-state index contributed by atoms with van der Waals surface area (Å²) in [7, 11) is 0. The molecule has 2 aromatic heterocycles. The number of hydrogen-bond acceptors (Lipinski definition) is 3. The molecule has 0 unspecified atom stereocenters. The van der Waals surface area contributed by atoms with Gasteiger partial charge in [-0.05, 0) is 35.9 Å². The SMILES string of the molecule is N#Cc1cc(CNC(=O)c2ccc(C(F)(F)F)nc2)cc2cc(C(F)(F)F)[nH]c12. The van der Waals surface area contributed by atoms with E-state index in [1.165, 1.54) is 12.1 Å². The molecule has 0 fully saturated rings. The van der Waals surface area contributed by atoms with Gasteiger partial charge in [0.1, 0.15) is 17.5 Å². The highest BCUT2D eigenvalue weighted by atomic mass is 19.4. The van der Waals surface area contributed by atoms with Gasteiger partial charge in [0.05, 0.1) is 16.6 Å². The first kappa shape index (κ1) is 20.2. The Morgan fingerprint density at radius 2 is 1.83 bits per heavy atom. The maximum absolute atomic E-state index is 12.9.